The molecule has 1 aromatic carbocycles. The fourth-order valence-corrected chi connectivity index (χ4v) is 3.84. The van der Waals surface area contributed by atoms with Crippen molar-refractivity contribution >= 4 is 17.9 Å². The van der Waals surface area contributed by atoms with Crippen LogP contribution in [0.5, 0.6) is 5.75 Å². The van der Waals surface area contributed by atoms with E-state index < -0.39 is 66.0 Å². The number of aliphatic hydroxyl groups excluding tert-OH is 1. The number of rotatable bonds is 8. The molecular weight excluding hydrogens is 474 g/mol. The van der Waals surface area contributed by atoms with Gasteiger partial charge in [-0.2, -0.15) is 13.2 Å². The molecule has 0 aromatic heterocycles. The number of nitrogens with one attached hydrogen (secondary N) is 2. The molecule has 2 unspecified atom stereocenters. The van der Waals surface area contributed by atoms with Crippen LogP contribution in [0.1, 0.15) is 40.5 Å². The van der Waals surface area contributed by atoms with Crippen molar-refractivity contribution in [1.29, 1.82) is 0 Å². The van der Waals surface area contributed by atoms with Crippen LogP contribution >= 0.6 is 0 Å². The minimum Gasteiger partial charge on any atom is -0.410 e. The summed E-state index contributed by atoms with van der Waals surface area (Å²) >= 11 is 0. The molecule has 4 atom stereocenters. The zero-order chi connectivity index (χ0) is 26.5. The van der Waals surface area contributed by atoms with Crippen LogP contribution in [-0.4, -0.2) is 64.9 Å². The summed E-state index contributed by atoms with van der Waals surface area (Å²) < 4.78 is 57.3. The molecule has 0 bridgehead atoms. The molecule has 8 nitrogen and oxygen atoms in total. The van der Waals surface area contributed by atoms with Gasteiger partial charge in [-0.3, -0.25) is 9.59 Å². The number of hydrogen-bond acceptors (Lipinski definition) is 5. The van der Waals surface area contributed by atoms with Gasteiger partial charge in [0.25, 0.3) is 0 Å². The van der Waals surface area contributed by atoms with Gasteiger partial charge in [0.15, 0.2) is 6.10 Å². The molecule has 1 aliphatic heterocycles. The van der Waals surface area contributed by atoms with Crippen molar-refractivity contribution in [3.8, 4) is 5.75 Å². The van der Waals surface area contributed by atoms with Gasteiger partial charge in [0.1, 0.15) is 23.7 Å². The van der Waals surface area contributed by atoms with Crippen LogP contribution in [0.3, 0.4) is 0 Å². The van der Waals surface area contributed by atoms with E-state index in [-0.39, 0.29) is 18.7 Å². The normalized spacial score (nSPS) is 18.8. The quantitative estimate of drug-likeness (QED) is 0.471. The lowest BCUT2D eigenvalue weighted by molar-refractivity contribution is -0.215. The fraction of sp³-hybridized carbons (Fsp3) is 0.609. The van der Waals surface area contributed by atoms with Gasteiger partial charge in [0.05, 0.1) is 6.04 Å². The summed E-state index contributed by atoms with van der Waals surface area (Å²) in [5, 5.41) is 14.4. The minimum absolute atomic E-state index is 0.0558. The summed E-state index contributed by atoms with van der Waals surface area (Å²) in [6, 6.07) is 0.941. The summed E-state index contributed by atoms with van der Waals surface area (Å²) in [6.07, 6.45) is -8.00. The van der Waals surface area contributed by atoms with E-state index in [2.05, 4.69) is 10.6 Å². The number of carbonyl (C=O) groups excluding carboxylic acids is 3. The Labute approximate surface area is 201 Å². The average Bonchev–Trinajstić information content (AvgIpc) is 3.25. The van der Waals surface area contributed by atoms with Gasteiger partial charge in [-0.05, 0) is 48.9 Å². The van der Waals surface area contributed by atoms with Gasteiger partial charge < -0.3 is 25.4 Å². The van der Waals surface area contributed by atoms with E-state index in [1.54, 1.807) is 13.8 Å². The molecule has 196 valence electrons. The molecule has 0 radical (unpaired) electrons. The lowest BCUT2D eigenvalue weighted by Gasteiger charge is -2.33. The van der Waals surface area contributed by atoms with Crippen LogP contribution < -0.4 is 15.4 Å². The maximum atomic E-state index is 13.2. The number of hydrogen-bond donors (Lipinski definition) is 3. The number of nitrogens with zero attached hydrogens (tertiary/aromatic N) is 1. The molecule has 3 amide bonds. The van der Waals surface area contributed by atoms with E-state index in [0.717, 1.165) is 12.1 Å². The van der Waals surface area contributed by atoms with Crippen LogP contribution in [0, 0.1) is 17.7 Å². The summed E-state index contributed by atoms with van der Waals surface area (Å²) in [5.74, 6) is -3.01. The Kier molecular flexibility index (Phi) is 9.47. The zero-order valence-corrected chi connectivity index (χ0v) is 19.9. The molecule has 12 heteroatoms. The van der Waals surface area contributed by atoms with Gasteiger partial charge in [-0.1, -0.05) is 27.7 Å². The summed E-state index contributed by atoms with van der Waals surface area (Å²) in [4.78, 5) is 39.7. The van der Waals surface area contributed by atoms with Crippen molar-refractivity contribution < 1.29 is 41.8 Å². The van der Waals surface area contributed by atoms with E-state index in [0.29, 0.717) is 6.42 Å². The third-order valence-corrected chi connectivity index (χ3v) is 5.77. The van der Waals surface area contributed by atoms with Gasteiger partial charge in [-0.15, -0.1) is 0 Å². The predicted octanol–water partition coefficient (Wildman–Crippen LogP) is 2.99. The third-order valence-electron chi connectivity index (χ3n) is 5.77. The van der Waals surface area contributed by atoms with Gasteiger partial charge in [-0.25, -0.2) is 9.18 Å². The highest BCUT2D eigenvalue weighted by Gasteiger charge is 2.47. The Hall–Kier alpha value is -2.89. The second-order valence-electron chi connectivity index (χ2n) is 9.16. The molecule has 1 saturated heterocycles. The van der Waals surface area contributed by atoms with Gasteiger partial charge in [0.2, 0.25) is 11.8 Å². The number of halogens is 4. The number of benzene rings is 1. The van der Waals surface area contributed by atoms with Crippen molar-refractivity contribution in [3.05, 3.63) is 30.1 Å². The lowest BCUT2D eigenvalue weighted by atomic mass is 9.97. The molecule has 1 fully saturated rings. The predicted molar refractivity (Wildman–Crippen MR) is 118 cm³/mol. The van der Waals surface area contributed by atoms with E-state index >= 15 is 0 Å². The first-order valence-electron chi connectivity index (χ1n) is 11.3. The Morgan fingerprint density at radius 1 is 1.06 bits per heavy atom. The monoisotopic (exact) mass is 505 g/mol. The SMILES string of the molecule is CC(C)C(NC(=O)[C@@H]1CCCN1C(=O)[C@@H](NC(=O)Oc1ccc(F)cc1)C(C)C)C(O)C(F)(F)F. The van der Waals surface area contributed by atoms with Crippen LogP contribution in [-0.2, 0) is 9.59 Å². The summed E-state index contributed by atoms with van der Waals surface area (Å²) in [5.41, 5.74) is 0. The van der Waals surface area contributed by atoms with Gasteiger partial charge in [0, 0.05) is 6.54 Å². The standard InChI is InChI=1S/C23H31F4N3O5/c1-12(2)17(19(31)23(25,26)27)28-20(32)16-6-5-11-30(16)21(33)18(13(3)4)29-22(34)35-15-9-7-14(24)8-10-15/h7-10,12-13,16-19,31H,5-6,11H2,1-4H3,(H,28,32)(H,29,34)/t16-,17?,18-,19?/m0/s1. The highest BCUT2D eigenvalue weighted by atomic mass is 19.4. The number of amides is 3. The van der Waals surface area contributed by atoms with E-state index in [1.807, 2.05) is 0 Å². The highest BCUT2D eigenvalue weighted by molar-refractivity contribution is 5.92. The molecule has 0 spiro atoms. The largest absolute Gasteiger partial charge is 0.416 e. The van der Waals surface area contributed by atoms with Crippen LogP contribution in [0.2, 0.25) is 0 Å². The van der Waals surface area contributed by atoms with E-state index in [4.69, 9.17) is 4.74 Å². The highest BCUT2D eigenvalue weighted by Crippen LogP contribution is 2.27. The maximum Gasteiger partial charge on any atom is 0.416 e. The third kappa shape index (κ3) is 7.55. The Morgan fingerprint density at radius 3 is 2.17 bits per heavy atom. The minimum atomic E-state index is -4.93. The zero-order valence-electron chi connectivity index (χ0n) is 19.9. The molecule has 0 aliphatic carbocycles. The van der Waals surface area contributed by atoms with Crippen LogP contribution in [0.15, 0.2) is 24.3 Å². The smallest absolute Gasteiger partial charge is 0.410 e. The van der Waals surface area contributed by atoms with Crippen molar-refractivity contribution in [2.45, 2.75) is 70.9 Å². The number of alkyl halides is 3. The Bertz CT molecular complexity index is 892. The Balaban J connectivity index is 2.11. The Morgan fingerprint density at radius 2 is 1.66 bits per heavy atom. The second-order valence-corrected chi connectivity index (χ2v) is 9.16. The molecule has 35 heavy (non-hydrogen) atoms. The van der Waals surface area contributed by atoms with Crippen molar-refractivity contribution in [1.82, 2.24) is 15.5 Å². The van der Waals surface area contributed by atoms with Crippen LogP contribution in [0.4, 0.5) is 22.4 Å². The van der Waals surface area contributed by atoms with Crippen LogP contribution in [0.25, 0.3) is 0 Å². The lowest BCUT2D eigenvalue weighted by Crippen LogP contribution is -2.59. The van der Waals surface area contributed by atoms with Crippen molar-refractivity contribution in [3.63, 3.8) is 0 Å². The fourth-order valence-electron chi connectivity index (χ4n) is 3.84. The molecule has 3 N–H and O–H groups in total. The number of ether oxygens (including phenoxy) is 1. The molecule has 0 saturated carbocycles. The van der Waals surface area contributed by atoms with Gasteiger partial charge >= 0.3 is 12.3 Å². The number of likely N-dealkylation sites (tertiary alicyclic amines) is 1. The van der Waals surface area contributed by atoms with E-state index in [9.17, 15) is 37.1 Å². The second kappa shape index (κ2) is 11.7. The first-order valence-corrected chi connectivity index (χ1v) is 11.3. The average molecular weight is 506 g/mol. The van der Waals surface area contributed by atoms with Crippen molar-refractivity contribution in [2.24, 2.45) is 11.8 Å². The number of aliphatic hydroxyl groups is 1. The topological polar surface area (TPSA) is 108 Å². The first-order chi connectivity index (χ1) is 16.2. The number of carbonyl (C=O) groups is 3. The molecule has 1 aromatic rings. The summed E-state index contributed by atoms with van der Waals surface area (Å²) in [7, 11) is 0. The summed E-state index contributed by atoms with van der Waals surface area (Å²) in [6.45, 7) is 6.37. The molecular formula is C23H31F4N3O5. The molecule has 1 heterocycles. The molecule has 1 aliphatic rings. The van der Waals surface area contributed by atoms with Crippen molar-refractivity contribution in [2.75, 3.05) is 6.54 Å². The maximum absolute atomic E-state index is 13.2. The van der Waals surface area contributed by atoms with E-state index in [1.165, 1.54) is 30.9 Å². The first kappa shape index (κ1) is 28.3. The molecule has 2 rings (SSSR count).